The highest BCUT2D eigenvalue weighted by atomic mass is 35.5. The molecule has 0 N–H and O–H groups in total. The number of morpholine rings is 1. The number of hydrogen-bond donors (Lipinski definition) is 0. The van der Waals surface area contributed by atoms with E-state index in [4.69, 9.17) is 21.1 Å². The van der Waals surface area contributed by atoms with E-state index in [1.54, 1.807) is 17.0 Å². The van der Waals surface area contributed by atoms with Crippen molar-refractivity contribution in [3.8, 4) is 5.75 Å². The Bertz CT molecular complexity index is 989. The second-order valence-corrected chi connectivity index (χ2v) is 9.03. The first-order chi connectivity index (χ1) is 15.9. The third-order valence-corrected chi connectivity index (χ3v) is 6.57. The number of likely N-dealkylation sites (tertiary alicyclic amines) is 1. The van der Waals surface area contributed by atoms with Crippen molar-refractivity contribution in [3.05, 3.63) is 46.7 Å². The summed E-state index contributed by atoms with van der Waals surface area (Å²) < 4.78 is 13.5. The van der Waals surface area contributed by atoms with E-state index >= 15 is 0 Å². The summed E-state index contributed by atoms with van der Waals surface area (Å²) in [5, 5.41) is 5.05. The summed E-state index contributed by atoms with van der Waals surface area (Å²) in [5.41, 5.74) is 1.40. The molecule has 9 heteroatoms. The maximum absolute atomic E-state index is 13.2. The number of benzene rings is 1. The lowest BCUT2D eigenvalue weighted by atomic mass is 9.90. The minimum Gasteiger partial charge on any atom is -0.490 e. The summed E-state index contributed by atoms with van der Waals surface area (Å²) in [6, 6.07) is 9.11. The van der Waals surface area contributed by atoms with Crippen molar-refractivity contribution in [3.63, 3.8) is 0 Å². The third-order valence-electron chi connectivity index (χ3n) is 6.34. The van der Waals surface area contributed by atoms with E-state index < -0.39 is 0 Å². The fourth-order valence-electron chi connectivity index (χ4n) is 4.52. The molecule has 2 aliphatic rings. The van der Waals surface area contributed by atoms with Gasteiger partial charge in [-0.25, -0.2) is 0 Å². The third kappa shape index (κ3) is 5.68. The van der Waals surface area contributed by atoms with E-state index in [0.717, 1.165) is 5.69 Å². The monoisotopic (exact) mass is 474 g/mol. The maximum Gasteiger partial charge on any atom is 0.274 e. The van der Waals surface area contributed by atoms with Gasteiger partial charge >= 0.3 is 0 Å². The van der Waals surface area contributed by atoms with Crippen molar-refractivity contribution in [2.45, 2.75) is 39.3 Å². The Kier molecular flexibility index (Phi) is 7.55. The molecule has 1 aromatic carbocycles. The van der Waals surface area contributed by atoms with Gasteiger partial charge in [0.15, 0.2) is 5.69 Å². The second kappa shape index (κ2) is 10.6. The van der Waals surface area contributed by atoms with Crippen LogP contribution < -0.4 is 4.74 Å². The van der Waals surface area contributed by atoms with Crippen LogP contribution in [0.4, 0.5) is 0 Å². The van der Waals surface area contributed by atoms with E-state index in [0.29, 0.717) is 75.2 Å². The smallest absolute Gasteiger partial charge is 0.274 e. The lowest BCUT2D eigenvalue weighted by molar-refractivity contribution is -0.137. The van der Waals surface area contributed by atoms with Crippen molar-refractivity contribution < 1.29 is 19.1 Å². The molecule has 0 unspecified atom stereocenters. The molecular weight excluding hydrogens is 444 g/mol. The van der Waals surface area contributed by atoms with Crippen LogP contribution in [0.25, 0.3) is 0 Å². The van der Waals surface area contributed by atoms with Crippen molar-refractivity contribution in [1.82, 2.24) is 19.6 Å². The molecular formula is C24H31ClN4O4. The number of amides is 2. The molecule has 33 heavy (non-hydrogen) atoms. The van der Waals surface area contributed by atoms with Gasteiger partial charge in [0.2, 0.25) is 5.91 Å². The van der Waals surface area contributed by atoms with E-state index in [1.165, 1.54) is 0 Å². The molecule has 2 aromatic rings. The van der Waals surface area contributed by atoms with Crippen LogP contribution in [0.1, 0.15) is 35.9 Å². The Hall–Kier alpha value is -2.58. The zero-order valence-corrected chi connectivity index (χ0v) is 20.0. The molecule has 2 amide bonds. The van der Waals surface area contributed by atoms with Crippen LogP contribution in [0.2, 0.25) is 5.02 Å². The first kappa shape index (κ1) is 23.6. The van der Waals surface area contributed by atoms with E-state index in [9.17, 15) is 9.59 Å². The highest BCUT2D eigenvalue weighted by molar-refractivity contribution is 6.30. The van der Waals surface area contributed by atoms with Gasteiger partial charge in [0, 0.05) is 62.2 Å². The van der Waals surface area contributed by atoms with Crippen molar-refractivity contribution in [1.29, 1.82) is 0 Å². The molecule has 0 saturated carbocycles. The zero-order chi connectivity index (χ0) is 23.4. The van der Waals surface area contributed by atoms with Gasteiger partial charge in [0.25, 0.3) is 5.91 Å². The summed E-state index contributed by atoms with van der Waals surface area (Å²) in [6.45, 7) is 7.96. The lowest BCUT2D eigenvalue weighted by Gasteiger charge is -2.39. The Morgan fingerprint density at radius 2 is 1.97 bits per heavy atom. The molecule has 0 spiro atoms. The van der Waals surface area contributed by atoms with Crippen molar-refractivity contribution in [2.24, 2.45) is 5.92 Å². The molecule has 2 atom stereocenters. The molecule has 0 radical (unpaired) electrons. The highest BCUT2D eigenvalue weighted by Gasteiger charge is 2.36. The number of piperidine rings is 1. The SMILES string of the molecule is CCn1nc(C(=O)N2CC[C@H](Oc3cccc(Cl)c3)[C@@H](CC(=O)N3CCOCC3)C2)cc1C. The maximum atomic E-state index is 13.2. The van der Waals surface area contributed by atoms with Crippen LogP contribution in [0, 0.1) is 12.8 Å². The summed E-state index contributed by atoms with van der Waals surface area (Å²) in [6.07, 6.45) is 0.761. The predicted octanol–water partition coefficient (Wildman–Crippen LogP) is 3.02. The number of carbonyl (C=O) groups is 2. The number of carbonyl (C=O) groups excluding carboxylic acids is 2. The normalized spacial score (nSPS) is 21.2. The standard InChI is InChI=1S/C24H31ClN4O4/c1-3-29-17(2)13-21(26-29)24(31)28-8-7-22(33-20-6-4-5-19(25)15-20)18(16-28)14-23(30)27-9-11-32-12-10-27/h4-6,13,15,18,22H,3,7-12,14,16H2,1-2H3/t18-,22-/m0/s1. The van der Waals surface area contributed by atoms with Crippen molar-refractivity contribution >= 4 is 23.4 Å². The number of rotatable bonds is 6. The quantitative estimate of drug-likeness (QED) is 0.643. The largest absolute Gasteiger partial charge is 0.490 e. The minimum absolute atomic E-state index is 0.0726. The van der Waals surface area contributed by atoms with Crippen LogP contribution in [-0.4, -0.2) is 76.9 Å². The molecule has 1 aromatic heterocycles. The van der Waals surface area contributed by atoms with Gasteiger partial charge in [-0.2, -0.15) is 5.10 Å². The highest BCUT2D eigenvalue weighted by Crippen LogP contribution is 2.28. The molecule has 2 fully saturated rings. The first-order valence-electron chi connectivity index (χ1n) is 11.6. The van der Waals surface area contributed by atoms with Crippen LogP contribution >= 0.6 is 11.6 Å². The van der Waals surface area contributed by atoms with Crippen LogP contribution in [0.15, 0.2) is 30.3 Å². The summed E-state index contributed by atoms with van der Waals surface area (Å²) in [7, 11) is 0. The Morgan fingerprint density at radius 3 is 2.67 bits per heavy atom. The molecule has 4 rings (SSSR count). The number of nitrogens with zero attached hydrogens (tertiary/aromatic N) is 4. The van der Waals surface area contributed by atoms with Gasteiger partial charge in [-0.1, -0.05) is 17.7 Å². The topological polar surface area (TPSA) is 76.9 Å². The number of halogens is 1. The summed E-state index contributed by atoms with van der Waals surface area (Å²) in [4.78, 5) is 29.9. The molecule has 3 heterocycles. The molecule has 8 nitrogen and oxygen atoms in total. The van der Waals surface area contributed by atoms with Crippen LogP contribution in [0.3, 0.4) is 0 Å². The number of aromatic nitrogens is 2. The van der Waals surface area contributed by atoms with Crippen LogP contribution in [-0.2, 0) is 16.1 Å². The van der Waals surface area contributed by atoms with Gasteiger partial charge in [0.05, 0.1) is 13.2 Å². The van der Waals surface area contributed by atoms with E-state index in [1.807, 2.05) is 41.6 Å². The molecule has 0 aliphatic carbocycles. The average Bonchev–Trinajstić information content (AvgIpc) is 3.21. The zero-order valence-electron chi connectivity index (χ0n) is 19.2. The molecule has 2 aliphatic heterocycles. The Labute approximate surface area is 199 Å². The minimum atomic E-state index is -0.188. The Balaban J connectivity index is 1.50. The van der Waals surface area contributed by atoms with Crippen LogP contribution in [0.5, 0.6) is 5.75 Å². The van der Waals surface area contributed by atoms with Gasteiger partial charge in [-0.15, -0.1) is 0 Å². The second-order valence-electron chi connectivity index (χ2n) is 8.60. The summed E-state index contributed by atoms with van der Waals surface area (Å²) >= 11 is 6.13. The molecule has 178 valence electrons. The number of aryl methyl sites for hydroxylation is 2. The molecule has 0 bridgehead atoms. The molecule has 2 saturated heterocycles. The Morgan fingerprint density at radius 1 is 1.18 bits per heavy atom. The van der Waals surface area contributed by atoms with E-state index in [-0.39, 0.29) is 23.8 Å². The predicted molar refractivity (Wildman–Crippen MR) is 125 cm³/mol. The number of hydrogen-bond acceptors (Lipinski definition) is 5. The van der Waals surface area contributed by atoms with Gasteiger partial charge in [-0.3, -0.25) is 14.3 Å². The average molecular weight is 475 g/mol. The van der Waals surface area contributed by atoms with Crippen molar-refractivity contribution in [2.75, 3.05) is 39.4 Å². The number of ether oxygens (including phenoxy) is 2. The first-order valence-corrected chi connectivity index (χ1v) is 11.9. The fourth-order valence-corrected chi connectivity index (χ4v) is 4.70. The lowest BCUT2D eigenvalue weighted by Crippen LogP contribution is -2.50. The van der Waals surface area contributed by atoms with E-state index in [2.05, 4.69) is 5.10 Å². The van der Waals surface area contributed by atoms with Gasteiger partial charge < -0.3 is 19.3 Å². The fraction of sp³-hybridized carbons (Fsp3) is 0.542. The van der Waals surface area contributed by atoms with Gasteiger partial charge in [0.1, 0.15) is 11.9 Å². The summed E-state index contributed by atoms with van der Waals surface area (Å²) in [5.74, 6) is 0.513. The van der Waals surface area contributed by atoms with Gasteiger partial charge in [-0.05, 0) is 38.1 Å².